The average Bonchev–Trinajstić information content (AvgIpc) is 3.62. The first-order valence-electron chi connectivity index (χ1n) is 15.1. The number of halogens is 3. The Morgan fingerprint density at radius 2 is 1.73 bits per heavy atom. The molecule has 1 aliphatic heterocycles. The summed E-state index contributed by atoms with van der Waals surface area (Å²) in [4.78, 5) is 31.5. The summed E-state index contributed by atoms with van der Waals surface area (Å²) in [5.74, 6) is -1.98. The second kappa shape index (κ2) is 12.7. The standard InChI is InChI=1S/C34H28ClF2N7O4/c1-44-42-31(41-43-44)30-25(13-20(35)14-28(30)37)19-12-27(36)29(39-15-19)10-11-38-32(45)34(17-47-18-34)40-33(46)48-16-26-23-8-4-2-6-21(23)22-7-3-5-9-24(22)26/h2-9,12-15,26H,10-11,16-18H2,1H3,(H,38,45)(H,40,46). The third kappa shape index (κ3) is 5.86. The summed E-state index contributed by atoms with van der Waals surface area (Å²) in [5.41, 5.74) is 3.61. The predicted octanol–water partition coefficient (Wildman–Crippen LogP) is 4.84. The van der Waals surface area contributed by atoms with Crippen molar-refractivity contribution in [3.63, 3.8) is 0 Å². The lowest BCUT2D eigenvalue weighted by Gasteiger charge is -2.39. The average molecular weight is 672 g/mol. The van der Waals surface area contributed by atoms with E-state index < -0.39 is 29.2 Å². The summed E-state index contributed by atoms with van der Waals surface area (Å²) in [6.45, 7) is 0.0434. The smallest absolute Gasteiger partial charge is 0.408 e. The van der Waals surface area contributed by atoms with Crippen LogP contribution in [0, 0.1) is 11.6 Å². The molecular weight excluding hydrogens is 644 g/mol. The van der Waals surface area contributed by atoms with Crippen molar-refractivity contribution in [1.82, 2.24) is 35.8 Å². The second-order valence-electron chi connectivity index (χ2n) is 11.6. The number of hydrogen-bond acceptors (Lipinski definition) is 8. The molecule has 0 radical (unpaired) electrons. The highest BCUT2D eigenvalue weighted by Gasteiger charge is 2.48. The van der Waals surface area contributed by atoms with Crippen LogP contribution in [0.5, 0.6) is 0 Å². The van der Waals surface area contributed by atoms with Gasteiger partial charge < -0.3 is 20.1 Å². The van der Waals surface area contributed by atoms with Crippen molar-refractivity contribution in [3.8, 4) is 33.6 Å². The van der Waals surface area contributed by atoms with Crippen LogP contribution < -0.4 is 10.6 Å². The Labute approximate surface area is 278 Å². The highest BCUT2D eigenvalue weighted by Crippen LogP contribution is 2.44. The summed E-state index contributed by atoms with van der Waals surface area (Å²) < 4.78 is 41.1. The number of hydrogen-bond donors (Lipinski definition) is 2. The fourth-order valence-corrected chi connectivity index (χ4v) is 6.27. The molecule has 11 nitrogen and oxygen atoms in total. The number of pyridine rings is 1. The number of amides is 2. The number of aryl methyl sites for hydroxylation is 1. The van der Waals surface area contributed by atoms with Crippen molar-refractivity contribution in [1.29, 1.82) is 0 Å². The third-order valence-corrected chi connectivity index (χ3v) is 8.70. The first-order valence-corrected chi connectivity index (χ1v) is 15.5. The van der Waals surface area contributed by atoms with Crippen molar-refractivity contribution in [2.45, 2.75) is 17.9 Å². The number of carbonyl (C=O) groups excluding carboxylic acids is 2. The van der Waals surface area contributed by atoms with Crippen LogP contribution in [0.15, 0.2) is 72.9 Å². The quantitative estimate of drug-likeness (QED) is 0.228. The largest absolute Gasteiger partial charge is 0.449 e. The van der Waals surface area contributed by atoms with E-state index in [0.717, 1.165) is 28.3 Å². The van der Waals surface area contributed by atoms with Crippen LogP contribution >= 0.6 is 11.6 Å². The molecule has 2 amide bonds. The van der Waals surface area contributed by atoms with Gasteiger partial charge in [0.05, 0.1) is 31.5 Å². The summed E-state index contributed by atoms with van der Waals surface area (Å²) in [6.07, 6.45) is 0.681. The molecule has 2 aliphatic rings. The van der Waals surface area contributed by atoms with Gasteiger partial charge in [0.1, 0.15) is 18.2 Å². The van der Waals surface area contributed by atoms with Crippen molar-refractivity contribution >= 4 is 23.6 Å². The number of aromatic nitrogens is 5. The molecule has 0 atom stereocenters. The Bertz CT molecular complexity index is 2010. The normalized spacial score (nSPS) is 14.5. The number of benzene rings is 3. The lowest BCUT2D eigenvalue weighted by Crippen LogP contribution is -2.70. The van der Waals surface area contributed by atoms with Gasteiger partial charge in [-0.1, -0.05) is 60.1 Å². The van der Waals surface area contributed by atoms with Crippen LogP contribution in [0.2, 0.25) is 5.02 Å². The van der Waals surface area contributed by atoms with E-state index in [-0.39, 0.29) is 71.9 Å². The third-order valence-electron chi connectivity index (χ3n) is 8.48. The van der Waals surface area contributed by atoms with Gasteiger partial charge in [-0.3, -0.25) is 9.78 Å². The number of carbonyl (C=O) groups is 2. The highest BCUT2D eigenvalue weighted by atomic mass is 35.5. The van der Waals surface area contributed by atoms with Crippen molar-refractivity contribution in [2.24, 2.45) is 7.05 Å². The van der Waals surface area contributed by atoms with Gasteiger partial charge in [-0.2, -0.15) is 4.80 Å². The number of ether oxygens (including phenoxy) is 2. The molecule has 244 valence electrons. The van der Waals surface area contributed by atoms with Gasteiger partial charge in [0, 0.05) is 35.7 Å². The number of nitrogens with one attached hydrogen (secondary N) is 2. The van der Waals surface area contributed by atoms with Crippen LogP contribution in [0.3, 0.4) is 0 Å². The monoisotopic (exact) mass is 671 g/mol. The molecule has 48 heavy (non-hydrogen) atoms. The van der Waals surface area contributed by atoms with Crippen molar-refractivity contribution in [3.05, 3.63) is 106 Å². The zero-order valence-electron chi connectivity index (χ0n) is 25.5. The van der Waals surface area contributed by atoms with Gasteiger partial charge in [0.2, 0.25) is 5.82 Å². The van der Waals surface area contributed by atoms with Crippen LogP contribution in [-0.2, 0) is 27.7 Å². The van der Waals surface area contributed by atoms with Crippen LogP contribution in [0.25, 0.3) is 33.6 Å². The second-order valence-corrected chi connectivity index (χ2v) is 12.0. The van der Waals surface area contributed by atoms with E-state index in [2.05, 4.69) is 31.0 Å². The molecule has 14 heteroatoms. The minimum absolute atomic E-state index is 0.00521. The van der Waals surface area contributed by atoms with Gasteiger partial charge in [-0.15, -0.1) is 10.2 Å². The fourth-order valence-electron chi connectivity index (χ4n) is 6.07. The van der Waals surface area contributed by atoms with Crippen LogP contribution in [-0.4, -0.2) is 69.1 Å². The molecule has 3 heterocycles. The highest BCUT2D eigenvalue weighted by molar-refractivity contribution is 6.31. The molecular formula is C34H28ClF2N7O4. The molecule has 7 rings (SSSR count). The molecule has 0 spiro atoms. The molecule has 2 aromatic heterocycles. The summed E-state index contributed by atoms with van der Waals surface area (Å²) in [7, 11) is 1.54. The number of fused-ring (bicyclic) bond motifs is 3. The molecule has 0 unspecified atom stereocenters. The minimum atomic E-state index is -1.32. The first kappa shape index (κ1) is 31.3. The zero-order chi connectivity index (χ0) is 33.4. The Morgan fingerprint density at radius 3 is 2.35 bits per heavy atom. The molecule has 0 bridgehead atoms. The van der Waals surface area contributed by atoms with Crippen molar-refractivity contribution < 1.29 is 27.8 Å². The molecule has 1 fully saturated rings. The topological polar surface area (TPSA) is 133 Å². The number of nitrogens with zero attached hydrogens (tertiary/aromatic N) is 5. The van der Waals surface area contributed by atoms with E-state index in [4.69, 9.17) is 21.1 Å². The maximum absolute atomic E-state index is 15.2. The summed E-state index contributed by atoms with van der Waals surface area (Å²) >= 11 is 6.10. The number of tetrazole rings is 1. The molecule has 5 aromatic rings. The number of rotatable bonds is 9. The SMILES string of the molecule is Cn1nnc(-c2c(F)cc(Cl)cc2-c2cnc(CCNC(=O)C3(NC(=O)OCC4c5ccccc5-c5ccccc54)COC3)c(F)c2)n1. The maximum atomic E-state index is 15.2. The van der Waals surface area contributed by atoms with E-state index in [9.17, 15) is 14.0 Å². The minimum Gasteiger partial charge on any atom is -0.449 e. The van der Waals surface area contributed by atoms with E-state index >= 15 is 4.39 Å². The molecule has 2 N–H and O–H groups in total. The Balaban J connectivity index is 0.973. The Kier molecular flexibility index (Phi) is 8.31. The Hall–Kier alpha value is -5.27. The van der Waals surface area contributed by atoms with E-state index in [1.807, 2.05) is 48.5 Å². The van der Waals surface area contributed by atoms with E-state index in [0.29, 0.717) is 0 Å². The fraction of sp³-hybridized carbons (Fsp3) is 0.235. The van der Waals surface area contributed by atoms with Crippen LogP contribution in [0.1, 0.15) is 22.7 Å². The first-order chi connectivity index (χ1) is 23.2. The lowest BCUT2D eigenvalue weighted by atomic mass is 9.96. The van der Waals surface area contributed by atoms with Gasteiger partial charge in [0.25, 0.3) is 5.91 Å². The molecule has 3 aromatic carbocycles. The number of alkyl carbamates (subject to hydrolysis) is 1. The van der Waals surface area contributed by atoms with E-state index in [1.165, 1.54) is 30.2 Å². The van der Waals surface area contributed by atoms with Gasteiger partial charge >= 0.3 is 6.09 Å². The van der Waals surface area contributed by atoms with Gasteiger partial charge in [0.15, 0.2) is 5.54 Å². The lowest BCUT2D eigenvalue weighted by molar-refractivity contribution is -0.147. The summed E-state index contributed by atoms with van der Waals surface area (Å²) in [5, 5.41) is 17.2. The predicted molar refractivity (Wildman–Crippen MR) is 171 cm³/mol. The van der Waals surface area contributed by atoms with E-state index in [1.54, 1.807) is 0 Å². The molecule has 1 saturated heterocycles. The van der Waals surface area contributed by atoms with Crippen LogP contribution in [0.4, 0.5) is 13.6 Å². The molecule has 1 aliphatic carbocycles. The summed E-state index contributed by atoms with van der Waals surface area (Å²) in [6, 6.07) is 19.8. The van der Waals surface area contributed by atoms with Gasteiger partial charge in [-0.05, 0) is 51.2 Å². The zero-order valence-corrected chi connectivity index (χ0v) is 26.3. The molecule has 0 saturated carbocycles. The van der Waals surface area contributed by atoms with Gasteiger partial charge in [-0.25, -0.2) is 13.6 Å². The maximum Gasteiger partial charge on any atom is 0.408 e. The Morgan fingerprint density at radius 1 is 1.02 bits per heavy atom. The van der Waals surface area contributed by atoms with Crippen molar-refractivity contribution in [2.75, 3.05) is 26.4 Å².